The Bertz CT molecular complexity index is 373. The lowest BCUT2D eigenvalue weighted by molar-refractivity contribution is 0.170. The lowest BCUT2D eigenvalue weighted by Crippen LogP contribution is -2.27. The maximum absolute atomic E-state index is 5.35. The van der Waals surface area contributed by atoms with Gasteiger partial charge in [0.1, 0.15) is 11.5 Å². The van der Waals surface area contributed by atoms with Crippen LogP contribution in [0.15, 0.2) is 18.2 Å². The summed E-state index contributed by atoms with van der Waals surface area (Å²) in [5.74, 6) is 2.11. The minimum absolute atomic E-state index is 0.263. The zero-order chi connectivity index (χ0) is 15.0. The Balaban J connectivity index is 3.00. The summed E-state index contributed by atoms with van der Waals surface area (Å²) in [6.07, 6.45) is 1.01. The molecule has 0 spiro atoms. The highest BCUT2D eigenvalue weighted by Gasteiger charge is 2.19. The van der Waals surface area contributed by atoms with Crippen molar-refractivity contribution in [1.29, 1.82) is 0 Å². The molecule has 0 amide bonds. The first-order chi connectivity index (χ1) is 9.65. The molecule has 20 heavy (non-hydrogen) atoms. The maximum atomic E-state index is 5.35. The zero-order valence-electron chi connectivity index (χ0n) is 13.2. The summed E-state index contributed by atoms with van der Waals surface area (Å²) >= 11 is 0. The van der Waals surface area contributed by atoms with Crippen molar-refractivity contribution < 1.29 is 14.2 Å². The van der Waals surface area contributed by atoms with Crippen LogP contribution in [0, 0.1) is 5.92 Å². The second kappa shape index (κ2) is 8.82. The van der Waals surface area contributed by atoms with Crippen molar-refractivity contribution in [3.8, 4) is 11.5 Å². The van der Waals surface area contributed by atoms with E-state index in [1.165, 1.54) is 5.56 Å². The SMILES string of the molecule is CCNC(c1cc(OC)cc(OC)c1)C(C)CCOC. The fraction of sp³-hybridized carbons (Fsp3) is 0.625. The monoisotopic (exact) mass is 281 g/mol. The van der Waals surface area contributed by atoms with E-state index in [0.29, 0.717) is 5.92 Å². The zero-order valence-corrected chi connectivity index (χ0v) is 13.2. The highest BCUT2D eigenvalue weighted by Crippen LogP contribution is 2.31. The van der Waals surface area contributed by atoms with Gasteiger partial charge in [-0.1, -0.05) is 13.8 Å². The summed E-state index contributed by atoms with van der Waals surface area (Å²) in [6, 6.07) is 6.30. The third-order valence-electron chi connectivity index (χ3n) is 3.50. The molecule has 2 atom stereocenters. The second-order valence-electron chi connectivity index (χ2n) is 4.94. The first-order valence-electron chi connectivity index (χ1n) is 7.11. The molecular formula is C16H27NO3. The summed E-state index contributed by atoms with van der Waals surface area (Å²) in [6.45, 7) is 6.04. The molecule has 0 aromatic heterocycles. The van der Waals surface area contributed by atoms with Crippen LogP contribution in [0.25, 0.3) is 0 Å². The number of hydrogen-bond acceptors (Lipinski definition) is 4. The van der Waals surface area contributed by atoms with Crippen LogP contribution in [0.4, 0.5) is 0 Å². The Morgan fingerprint density at radius 1 is 1.05 bits per heavy atom. The van der Waals surface area contributed by atoms with Crippen LogP contribution < -0.4 is 14.8 Å². The standard InChI is InChI=1S/C16H27NO3/c1-6-17-16(12(2)7-8-18-3)13-9-14(19-4)11-15(10-13)20-5/h9-12,16-17H,6-8H2,1-5H3. The summed E-state index contributed by atoms with van der Waals surface area (Å²) < 4.78 is 15.9. The van der Waals surface area contributed by atoms with Gasteiger partial charge in [-0.2, -0.15) is 0 Å². The lowest BCUT2D eigenvalue weighted by Gasteiger charge is -2.26. The second-order valence-corrected chi connectivity index (χ2v) is 4.94. The largest absolute Gasteiger partial charge is 0.497 e. The number of rotatable bonds is 9. The van der Waals surface area contributed by atoms with E-state index in [4.69, 9.17) is 14.2 Å². The van der Waals surface area contributed by atoms with Crippen LogP contribution >= 0.6 is 0 Å². The molecule has 4 heteroatoms. The van der Waals surface area contributed by atoms with Gasteiger partial charge in [-0.15, -0.1) is 0 Å². The fourth-order valence-electron chi connectivity index (χ4n) is 2.35. The van der Waals surface area contributed by atoms with Crippen molar-refractivity contribution in [2.24, 2.45) is 5.92 Å². The predicted molar refractivity (Wildman–Crippen MR) is 81.6 cm³/mol. The molecule has 0 fully saturated rings. The molecule has 4 nitrogen and oxygen atoms in total. The first-order valence-corrected chi connectivity index (χ1v) is 7.11. The maximum Gasteiger partial charge on any atom is 0.122 e. The van der Waals surface area contributed by atoms with Gasteiger partial charge in [-0.25, -0.2) is 0 Å². The first kappa shape index (κ1) is 16.8. The molecule has 1 rings (SSSR count). The third kappa shape index (κ3) is 4.69. The van der Waals surface area contributed by atoms with Gasteiger partial charge in [-0.05, 0) is 36.6 Å². The van der Waals surface area contributed by atoms with Crippen LogP contribution in [-0.4, -0.2) is 34.5 Å². The van der Waals surface area contributed by atoms with E-state index in [9.17, 15) is 0 Å². The molecule has 0 aliphatic rings. The van der Waals surface area contributed by atoms with Crippen molar-refractivity contribution in [2.75, 3.05) is 34.5 Å². The van der Waals surface area contributed by atoms with Crippen molar-refractivity contribution in [3.63, 3.8) is 0 Å². The molecule has 1 aromatic carbocycles. The number of benzene rings is 1. The number of hydrogen-bond donors (Lipinski definition) is 1. The number of methoxy groups -OCH3 is 3. The van der Waals surface area contributed by atoms with E-state index in [1.54, 1.807) is 21.3 Å². The van der Waals surface area contributed by atoms with Gasteiger partial charge in [-0.3, -0.25) is 0 Å². The number of nitrogens with one attached hydrogen (secondary N) is 1. The summed E-state index contributed by atoms with van der Waals surface area (Å²) in [7, 11) is 5.09. The van der Waals surface area contributed by atoms with Gasteiger partial charge in [0, 0.05) is 25.8 Å². The lowest BCUT2D eigenvalue weighted by atomic mass is 9.91. The van der Waals surface area contributed by atoms with Crippen LogP contribution in [0.1, 0.15) is 31.9 Å². The molecule has 2 unspecified atom stereocenters. The minimum Gasteiger partial charge on any atom is -0.497 e. The average Bonchev–Trinajstić information content (AvgIpc) is 2.49. The van der Waals surface area contributed by atoms with Crippen molar-refractivity contribution >= 4 is 0 Å². The van der Waals surface area contributed by atoms with Gasteiger partial charge in [0.15, 0.2) is 0 Å². The molecule has 0 radical (unpaired) electrons. The Kier molecular flexibility index (Phi) is 7.41. The van der Waals surface area contributed by atoms with Gasteiger partial charge in [0.25, 0.3) is 0 Å². The van der Waals surface area contributed by atoms with Crippen LogP contribution in [-0.2, 0) is 4.74 Å². The fourth-order valence-corrected chi connectivity index (χ4v) is 2.35. The summed E-state index contributed by atoms with van der Waals surface area (Å²) in [5.41, 5.74) is 1.19. The van der Waals surface area contributed by atoms with Crippen molar-refractivity contribution in [2.45, 2.75) is 26.3 Å². The molecule has 0 bridgehead atoms. The Morgan fingerprint density at radius 3 is 2.10 bits per heavy atom. The summed E-state index contributed by atoms with van der Waals surface area (Å²) in [4.78, 5) is 0. The van der Waals surface area contributed by atoms with E-state index in [2.05, 4.69) is 31.3 Å². The van der Waals surface area contributed by atoms with Crippen LogP contribution in [0.5, 0.6) is 11.5 Å². The third-order valence-corrected chi connectivity index (χ3v) is 3.50. The minimum atomic E-state index is 0.263. The van der Waals surface area contributed by atoms with Crippen LogP contribution in [0.3, 0.4) is 0 Å². The molecule has 0 aliphatic carbocycles. The average molecular weight is 281 g/mol. The highest BCUT2D eigenvalue weighted by atomic mass is 16.5. The van der Waals surface area contributed by atoms with E-state index in [0.717, 1.165) is 31.1 Å². The smallest absolute Gasteiger partial charge is 0.122 e. The summed E-state index contributed by atoms with van der Waals surface area (Å²) in [5, 5.41) is 3.54. The van der Waals surface area contributed by atoms with E-state index in [1.807, 2.05) is 6.07 Å². The molecule has 0 aliphatic heterocycles. The van der Waals surface area contributed by atoms with E-state index in [-0.39, 0.29) is 6.04 Å². The Labute approximate surface area is 122 Å². The Morgan fingerprint density at radius 2 is 1.65 bits per heavy atom. The topological polar surface area (TPSA) is 39.7 Å². The van der Waals surface area contributed by atoms with Gasteiger partial charge < -0.3 is 19.5 Å². The van der Waals surface area contributed by atoms with E-state index < -0.39 is 0 Å². The molecule has 1 aromatic rings. The van der Waals surface area contributed by atoms with E-state index >= 15 is 0 Å². The quantitative estimate of drug-likeness (QED) is 0.755. The van der Waals surface area contributed by atoms with Crippen LogP contribution in [0.2, 0.25) is 0 Å². The van der Waals surface area contributed by atoms with Gasteiger partial charge in [0.05, 0.1) is 14.2 Å². The molecule has 1 N–H and O–H groups in total. The Hall–Kier alpha value is -1.26. The van der Waals surface area contributed by atoms with Crippen molar-refractivity contribution in [1.82, 2.24) is 5.32 Å². The number of ether oxygens (including phenoxy) is 3. The van der Waals surface area contributed by atoms with Crippen molar-refractivity contribution in [3.05, 3.63) is 23.8 Å². The van der Waals surface area contributed by atoms with Gasteiger partial charge >= 0.3 is 0 Å². The normalized spacial score (nSPS) is 13.8. The molecular weight excluding hydrogens is 254 g/mol. The molecule has 0 saturated heterocycles. The molecule has 0 heterocycles. The predicted octanol–water partition coefficient (Wildman–Crippen LogP) is 3.03. The van der Waals surface area contributed by atoms with Gasteiger partial charge in [0.2, 0.25) is 0 Å². The molecule has 0 saturated carbocycles. The molecule has 114 valence electrons. The highest BCUT2D eigenvalue weighted by molar-refractivity contribution is 5.40.